The van der Waals surface area contributed by atoms with Gasteiger partial charge in [0.25, 0.3) is 0 Å². The highest BCUT2D eigenvalue weighted by atomic mass is 16.5. The number of ether oxygens (including phenoxy) is 2. The highest BCUT2D eigenvalue weighted by molar-refractivity contribution is 5.26. The summed E-state index contributed by atoms with van der Waals surface area (Å²) in [5.74, 6) is 0.807. The second-order valence-corrected chi connectivity index (χ2v) is 4.58. The third kappa shape index (κ3) is 5.02. The van der Waals surface area contributed by atoms with Gasteiger partial charge in [0.05, 0.1) is 24.9 Å². The van der Waals surface area contributed by atoms with Crippen molar-refractivity contribution in [1.29, 1.82) is 0 Å². The van der Waals surface area contributed by atoms with E-state index < -0.39 is 0 Å². The second kappa shape index (κ2) is 8.06. The molecule has 0 radical (unpaired) electrons. The van der Waals surface area contributed by atoms with Crippen LogP contribution < -0.4 is 10.1 Å². The molecule has 1 unspecified atom stereocenters. The van der Waals surface area contributed by atoms with Crippen LogP contribution in [0.5, 0.6) is 5.75 Å². The van der Waals surface area contributed by atoms with Crippen molar-refractivity contribution in [3.05, 3.63) is 24.0 Å². The summed E-state index contributed by atoms with van der Waals surface area (Å²) in [6, 6.07) is 2.19. The largest absolute Gasteiger partial charge is 0.489 e. The number of pyridine rings is 1. The van der Waals surface area contributed by atoms with E-state index in [1.807, 2.05) is 26.1 Å². The van der Waals surface area contributed by atoms with Crippen molar-refractivity contribution in [2.45, 2.75) is 39.3 Å². The van der Waals surface area contributed by atoms with Crippen molar-refractivity contribution in [3.8, 4) is 5.75 Å². The zero-order valence-corrected chi connectivity index (χ0v) is 11.8. The second-order valence-electron chi connectivity index (χ2n) is 4.58. The van der Waals surface area contributed by atoms with E-state index in [0.717, 1.165) is 24.3 Å². The van der Waals surface area contributed by atoms with Crippen molar-refractivity contribution in [2.75, 3.05) is 20.3 Å². The number of aromatic nitrogens is 1. The Labute approximate surface area is 110 Å². The third-order valence-corrected chi connectivity index (χ3v) is 2.48. The van der Waals surface area contributed by atoms with Crippen LogP contribution in [0, 0.1) is 0 Å². The van der Waals surface area contributed by atoms with Crippen LogP contribution in [0.1, 0.15) is 38.8 Å². The molecular formula is C14H24N2O2. The van der Waals surface area contributed by atoms with Crippen molar-refractivity contribution < 1.29 is 9.47 Å². The molecular weight excluding hydrogens is 228 g/mol. The number of hydrogen-bond donors (Lipinski definition) is 1. The summed E-state index contributed by atoms with van der Waals surface area (Å²) in [7, 11) is 1.71. The molecule has 1 rings (SSSR count). The first-order chi connectivity index (χ1) is 8.67. The van der Waals surface area contributed by atoms with Crippen LogP contribution in [0.15, 0.2) is 18.5 Å². The lowest BCUT2D eigenvalue weighted by atomic mass is 10.1. The van der Waals surface area contributed by atoms with Gasteiger partial charge in [-0.15, -0.1) is 0 Å². The summed E-state index contributed by atoms with van der Waals surface area (Å²) in [5, 5.41) is 3.45. The van der Waals surface area contributed by atoms with Crippen molar-refractivity contribution in [1.82, 2.24) is 10.3 Å². The van der Waals surface area contributed by atoms with Gasteiger partial charge in [-0.1, -0.05) is 6.92 Å². The molecule has 0 amide bonds. The normalized spacial score (nSPS) is 12.7. The topological polar surface area (TPSA) is 43.4 Å². The summed E-state index contributed by atoms with van der Waals surface area (Å²) in [6.45, 7) is 7.76. The maximum absolute atomic E-state index is 5.66. The first-order valence-corrected chi connectivity index (χ1v) is 6.51. The number of nitrogens with one attached hydrogen (secondary N) is 1. The third-order valence-electron chi connectivity index (χ3n) is 2.48. The van der Waals surface area contributed by atoms with Crippen LogP contribution in [0.25, 0.3) is 0 Å². The van der Waals surface area contributed by atoms with E-state index in [1.54, 1.807) is 13.3 Å². The summed E-state index contributed by atoms with van der Waals surface area (Å²) >= 11 is 0. The summed E-state index contributed by atoms with van der Waals surface area (Å²) in [4.78, 5) is 4.23. The molecule has 0 fully saturated rings. The fourth-order valence-electron chi connectivity index (χ4n) is 1.72. The molecule has 4 heteroatoms. The number of hydrogen-bond acceptors (Lipinski definition) is 4. The van der Waals surface area contributed by atoms with E-state index in [4.69, 9.17) is 9.47 Å². The standard InChI is InChI=1S/C14H24N2O2/c1-5-6-16-14(10-17-4)12-7-13(9-15-8-12)18-11(2)3/h7-9,11,14,16H,5-6,10H2,1-4H3. The van der Waals surface area contributed by atoms with Crippen LogP contribution in [-0.4, -0.2) is 31.3 Å². The molecule has 1 atom stereocenters. The minimum atomic E-state index is 0.159. The van der Waals surface area contributed by atoms with E-state index in [9.17, 15) is 0 Å². The highest BCUT2D eigenvalue weighted by Gasteiger charge is 2.12. The molecule has 18 heavy (non-hydrogen) atoms. The Bertz CT molecular complexity index is 342. The smallest absolute Gasteiger partial charge is 0.138 e. The molecule has 0 saturated heterocycles. The molecule has 1 aromatic rings. The molecule has 0 spiro atoms. The Balaban J connectivity index is 2.76. The van der Waals surface area contributed by atoms with Crippen molar-refractivity contribution in [3.63, 3.8) is 0 Å². The zero-order valence-electron chi connectivity index (χ0n) is 11.8. The summed E-state index contributed by atoms with van der Waals surface area (Å²) < 4.78 is 10.9. The number of methoxy groups -OCH3 is 1. The molecule has 1 heterocycles. The summed E-state index contributed by atoms with van der Waals surface area (Å²) in [6.07, 6.45) is 4.86. The lowest BCUT2D eigenvalue weighted by molar-refractivity contribution is 0.166. The fraction of sp³-hybridized carbons (Fsp3) is 0.643. The van der Waals surface area contributed by atoms with Gasteiger partial charge in [0, 0.05) is 13.3 Å². The maximum atomic E-state index is 5.66. The average molecular weight is 252 g/mol. The van der Waals surface area contributed by atoms with Crippen LogP contribution in [0.4, 0.5) is 0 Å². The molecule has 102 valence electrons. The number of rotatable bonds is 8. The Kier molecular flexibility index (Phi) is 6.68. The van der Waals surface area contributed by atoms with Gasteiger partial charge < -0.3 is 14.8 Å². The average Bonchev–Trinajstić information content (AvgIpc) is 2.34. The molecule has 0 aliphatic rings. The predicted molar refractivity (Wildman–Crippen MR) is 72.9 cm³/mol. The van der Waals surface area contributed by atoms with Gasteiger partial charge >= 0.3 is 0 Å². The Hall–Kier alpha value is -1.13. The van der Waals surface area contributed by atoms with Crippen LogP contribution in [0.2, 0.25) is 0 Å². The lowest BCUT2D eigenvalue weighted by Gasteiger charge is -2.19. The van der Waals surface area contributed by atoms with Gasteiger partial charge in [-0.3, -0.25) is 4.98 Å². The first kappa shape index (κ1) is 14.9. The molecule has 0 aliphatic heterocycles. The van der Waals surface area contributed by atoms with Crippen molar-refractivity contribution >= 4 is 0 Å². The number of nitrogens with zero attached hydrogens (tertiary/aromatic N) is 1. The Morgan fingerprint density at radius 2 is 2.11 bits per heavy atom. The maximum Gasteiger partial charge on any atom is 0.138 e. The van der Waals surface area contributed by atoms with Crippen LogP contribution in [-0.2, 0) is 4.74 Å². The predicted octanol–water partition coefficient (Wildman–Crippen LogP) is 2.56. The van der Waals surface area contributed by atoms with Crippen LogP contribution in [0.3, 0.4) is 0 Å². The van der Waals surface area contributed by atoms with E-state index >= 15 is 0 Å². The van der Waals surface area contributed by atoms with E-state index in [0.29, 0.717) is 6.61 Å². The quantitative estimate of drug-likeness (QED) is 0.772. The highest BCUT2D eigenvalue weighted by Crippen LogP contribution is 2.19. The molecule has 1 aromatic heterocycles. The minimum absolute atomic E-state index is 0.159. The SMILES string of the molecule is CCCNC(COC)c1cncc(OC(C)C)c1. The Morgan fingerprint density at radius 3 is 2.72 bits per heavy atom. The van der Waals surface area contributed by atoms with Gasteiger partial charge in [0.15, 0.2) is 0 Å². The van der Waals surface area contributed by atoms with Gasteiger partial charge in [-0.05, 0) is 38.4 Å². The van der Waals surface area contributed by atoms with Crippen LogP contribution >= 0.6 is 0 Å². The van der Waals surface area contributed by atoms with Gasteiger partial charge in [0.2, 0.25) is 0 Å². The molecule has 4 nitrogen and oxygen atoms in total. The van der Waals surface area contributed by atoms with E-state index in [1.165, 1.54) is 0 Å². The van der Waals surface area contributed by atoms with E-state index in [2.05, 4.69) is 17.2 Å². The van der Waals surface area contributed by atoms with E-state index in [-0.39, 0.29) is 12.1 Å². The first-order valence-electron chi connectivity index (χ1n) is 6.51. The summed E-state index contributed by atoms with van der Waals surface area (Å²) in [5.41, 5.74) is 1.10. The van der Waals surface area contributed by atoms with Crippen molar-refractivity contribution in [2.24, 2.45) is 0 Å². The molecule has 0 aromatic carbocycles. The molecule has 0 saturated carbocycles. The minimum Gasteiger partial charge on any atom is -0.489 e. The zero-order chi connectivity index (χ0) is 13.4. The van der Waals surface area contributed by atoms with Gasteiger partial charge in [-0.25, -0.2) is 0 Å². The monoisotopic (exact) mass is 252 g/mol. The fourth-order valence-corrected chi connectivity index (χ4v) is 1.72. The van der Waals surface area contributed by atoms with Gasteiger partial charge in [-0.2, -0.15) is 0 Å². The molecule has 1 N–H and O–H groups in total. The molecule has 0 aliphatic carbocycles. The lowest BCUT2D eigenvalue weighted by Crippen LogP contribution is -2.26. The van der Waals surface area contributed by atoms with Gasteiger partial charge in [0.1, 0.15) is 5.75 Å². The molecule has 0 bridgehead atoms. The Morgan fingerprint density at radius 1 is 1.33 bits per heavy atom.